The first kappa shape index (κ1) is 22.8. The molecule has 162 valence electrons. The van der Waals surface area contributed by atoms with Crippen LogP contribution in [0.4, 0.5) is 28.4 Å². The van der Waals surface area contributed by atoms with Crippen LogP contribution < -0.4 is 5.32 Å². The van der Waals surface area contributed by atoms with Gasteiger partial charge >= 0.3 is 18.2 Å². The van der Waals surface area contributed by atoms with E-state index < -0.39 is 17.8 Å². The van der Waals surface area contributed by atoms with E-state index in [1.54, 1.807) is 21.7 Å². The molecule has 0 radical (unpaired) electrons. The summed E-state index contributed by atoms with van der Waals surface area (Å²) in [5.41, 5.74) is -0.483. The van der Waals surface area contributed by atoms with E-state index in [-0.39, 0.29) is 11.7 Å². The van der Waals surface area contributed by atoms with Crippen LogP contribution in [0.15, 0.2) is 24.3 Å². The summed E-state index contributed by atoms with van der Waals surface area (Å²) < 4.78 is 43.1. The molecule has 1 aromatic carbocycles. The Morgan fingerprint density at radius 3 is 2.34 bits per heavy atom. The maximum Gasteiger partial charge on any atom is 0.416 e. The number of urea groups is 2. The minimum absolute atomic E-state index is 0.116. The normalized spacial score (nSPS) is 15.1. The quantitative estimate of drug-likeness (QED) is 0.749. The number of hydrogen-bond acceptors (Lipinski definition) is 3. The largest absolute Gasteiger partial charge is 0.416 e. The fourth-order valence-electron chi connectivity index (χ4n) is 2.94. The lowest BCUT2D eigenvalue weighted by Crippen LogP contribution is -2.44. The van der Waals surface area contributed by atoms with Gasteiger partial charge in [-0.1, -0.05) is 0 Å². The van der Waals surface area contributed by atoms with Crippen LogP contribution in [-0.4, -0.2) is 79.7 Å². The Balaban J connectivity index is 1.86. The van der Waals surface area contributed by atoms with Crippen LogP contribution in [-0.2, 0) is 10.9 Å². The van der Waals surface area contributed by atoms with Gasteiger partial charge in [-0.3, -0.25) is 0 Å². The maximum atomic E-state index is 12.6. The number of benzene rings is 1. The number of amides is 4. The van der Waals surface area contributed by atoms with E-state index >= 15 is 0 Å². The van der Waals surface area contributed by atoms with Crippen molar-refractivity contribution in [2.45, 2.75) is 19.5 Å². The molecule has 4 amide bonds. The molecule has 29 heavy (non-hydrogen) atoms. The van der Waals surface area contributed by atoms with Gasteiger partial charge in [0.25, 0.3) is 0 Å². The number of rotatable bonds is 5. The van der Waals surface area contributed by atoms with Crippen molar-refractivity contribution in [3.8, 4) is 0 Å². The number of nitrogens with zero attached hydrogens (tertiary/aromatic N) is 3. The Hall–Kier alpha value is -2.49. The number of nitrogens with one attached hydrogen (secondary N) is 1. The number of carbonyl (C=O) groups is 2. The summed E-state index contributed by atoms with van der Waals surface area (Å²) in [5, 5.41) is 2.61. The molecule has 1 saturated heterocycles. The van der Waals surface area contributed by atoms with Crippen molar-refractivity contribution in [1.82, 2.24) is 14.7 Å². The lowest BCUT2D eigenvalue weighted by molar-refractivity contribution is -0.137. The lowest BCUT2D eigenvalue weighted by atomic mass is 10.2. The molecule has 1 aromatic rings. The highest BCUT2D eigenvalue weighted by molar-refractivity contribution is 5.89. The van der Waals surface area contributed by atoms with Crippen molar-refractivity contribution in [3.05, 3.63) is 29.8 Å². The maximum absolute atomic E-state index is 12.6. The van der Waals surface area contributed by atoms with Gasteiger partial charge < -0.3 is 24.8 Å². The van der Waals surface area contributed by atoms with E-state index in [4.69, 9.17) is 4.74 Å². The zero-order chi connectivity index (χ0) is 21.4. The van der Waals surface area contributed by atoms with E-state index in [1.807, 2.05) is 6.92 Å². The molecule has 0 spiro atoms. The predicted molar refractivity (Wildman–Crippen MR) is 103 cm³/mol. The third-order valence-corrected chi connectivity index (χ3v) is 4.62. The van der Waals surface area contributed by atoms with Crippen molar-refractivity contribution in [2.24, 2.45) is 0 Å². The topological polar surface area (TPSA) is 65.1 Å². The average molecular weight is 416 g/mol. The summed E-state index contributed by atoms with van der Waals surface area (Å²) in [6, 6.07) is 3.79. The van der Waals surface area contributed by atoms with Crippen molar-refractivity contribution < 1.29 is 27.5 Å². The van der Waals surface area contributed by atoms with Crippen LogP contribution in [0.25, 0.3) is 0 Å². The fraction of sp³-hybridized carbons (Fsp3) is 0.579. The van der Waals surface area contributed by atoms with E-state index in [0.29, 0.717) is 52.4 Å². The molecule has 1 aliphatic rings. The van der Waals surface area contributed by atoms with Crippen LogP contribution in [0.3, 0.4) is 0 Å². The number of hydrogen-bond donors (Lipinski definition) is 1. The Bertz CT molecular complexity index is 682. The number of anilines is 1. The molecule has 0 atom stereocenters. The number of halogens is 3. The zero-order valence-corrected chi connectivity index (χ0v) is 16.7. The summed E-state index contributed by atoms with van der Waals surface area (Å²) in [4.78, 5) is 29.8. The van der Waals surface area contributed by atoms with Gasteiger partial charge in [0.1, 0.15) is 0 Å². The Morgan fingerprint density at radius 2 is 1.72 bits per heavy atom. The third kappa shape index (κ3) is 6.81. The third-order valence-electron chi connectivity index (χ3n) is 4.62. The van der Waals surface area contributed by atoms with Gasteiger partial charge in [-0.25, -0.2) is 9.59 Å². The van der Waals surface area contributed by atoms with Crippen LogP contribution in [0.1, 0.15) is 18.9 Å². The summed E-state index contributed by atoms with van der Waals surface area (Å²) in [6.07, 6.45) is -3.80. The van der Waals surface area contributed by atoms with Crippen molar-refractivity contribution in [1.29, 1.82) is 0 Å². The van der Waals surface area contributed by atoms with Crippen molar-refractivity contribution >= 4 is 17.7 Å². The van der Waals surface area contributed by atoms with E-state index in [2.05, 4.69) is 5.32 Å². The molecule has 0 aromatic heterocycles. The van der Waals surface area contributed by atoms with Gasteiger partial charge in [0.05, 0.1) is 12.2 Å². The first-order valence-electron chi connectivity index (χ1n) is 9.53. The molecule has 1 fully saturated rings. The molecule has 0 saturated carbocycles. The van der Waals surface area contributed by atoms with Gasteiger partial charge in [0.2, 0.25) is 0 Å². The Kier molecular flexibility index (Phi) is 8.12. The molecule has 2 rings (SSSR count). The molecule has 0 aliphatic carbocycles. The molecule has 1 heterocycles. The number of ether oxygens (including phenoxy) is 1. The first-order chi connectivity index (χ1) is 13.7. The highest BCUT2D eigenvalue weighted by Gasteiger charge is 2.30. The molecular formula is C19H27F3N4O3. The standard InChI is InChI=1S/C19H27F3N4O3/c1-3-29-14-13-24(2)18(28)26-10-4-9-25(11-12-26)17(27)23-16-7-5-15(6-8-16)19(20,21)22/h5-8H,3-4,9-14H2,1-2H3,(H,23,27). The smallest absolute Gasteiger partial charge is 0.380 e. The highest BCUT2D eigenvalue weighted by atomic mass is 19.4. The van der Waals surface area contributed by atoms with Crippen LogP contribution in [0.5, 0.6) is 0 Å². The zero-order valence-electron chi connectivity index (χ0n) is 16.7. The van der Waals surface area contributed by atoms with Crippen LogP contribution in [0, 0.1) is 0 Å². The van der Waals surface area contributed by atoms with E-state index in [0.717, 1.165) is 12.1 Å². The second kappa shape index (κ2) is 10.3. The summed E-state index contributed by atoms with van der Waals surface area (Å²) in [5.74, 6) is 0. The van der Waals surface area contributed by atoms with Crippen LogP contribution >= 0.6 is 0 Å². The van der Waals surface area contributed by atoms with Crippen molar-refractivity contribution in [2.75, 3.05) is 58.3 Å². The molecule has 10 heteroatoms. The van der Waals surface area contributed by atoms with Crippen molar-refractivity contribution in [3.63, 3.8) is 0 Å². The number of carbonyl (C=O) groups excluding carboxylic acids is 2. The highest BCUT2D eigenvalue weighted by Crippen LogP contribution is 2.29. The molecular weight excluding hydrogens is 389 g/mol. The van der Waals surface area contributed by atoms with Gasteiger partial charge in [-0.05, 0) is 37.6 Å². The molecule has 1 aliphatic heterocycles. The summed E-state index contributed by atoms with van der Waals surface area (Å²) in [6.45, 7) is 5.15. The Labute approximate surface area is 168 Å². The number of likely N-dealkylation sites (N-methyl/N-ethyl adjacent to an activating group) is 1. The second-order valence-corrected chi connectivity index (χ2v) is 6.73. The molecule has 1 N–H and O–H groups in total. The van der Waals surface area contributed by atoms with Crippen LogP contribution in [0.2, 0.25) is 0 Å². The summed E-state index contributed by atoms with van der Waals surface area (Å²) in [7, 11) is 1.71. The minimum atomic E-state index is -4.42. The molecule has 0 bridgehead atoms. The molecule has 7 nitrogen and oxygen atoms in total. The van der Waals surface area contributed by atoms with Gasteiger partial charge in [0.15, 0.2) is 0 Å². The minimum Gasteiger partial charge on any atom is -0.380 e. The monoisotopic (exact) mass is 416 g/mol. The second-order valence-electron chi connectivity index (χ2n) is 6.73. The average Bonchev–Trinajstić information content (AvgIpc) is 2.93. The molecule has 0 unspecified atom stereocenters. The summed E-state index contributed by atoms with van der Waals surface area (Å²) >= 11 is 0. The SMILES string of the molecule is CCOCCN(C)C(=O)N1CCCN(C(=O)Nc2ccc(C(F)(F)F)cc2)CC1. The fourth-order valence-corrected chi connectivity index (χ4v) is 2.94. The Morgan fingerprint density at radius 1 is 1.10 bits per heavy atom. The van der Waals surface area contributed by atoms with E-state index in [9.17, 15) is 22.8 Å². The number of alkyl halides is 3. The predicted octanol–water partition coefficient (Wildman–Crippen LogP) is 3.33. The first-order valence-corrected chi connectivity index (χ1v) is 9.53. The van der Waals surface area contributed by atoms with Gasteiger partial charge in [-0.2, -0.15) is 13.2 Å². The van der Waals surface area contributed by atoms with E-state index in [1.165, 1.54) is 12.1 Å². The van der Waals surface area contributed by atoms with Gasteiger partial charge in [-0.15, -0.1) is 0 Å². The lowest BCUT2D eigenvalue weighted by Gasteiger charge is -2.27. The van der Waals surface area contributed by atoms with Gasteiger partial charge in [0, 0.05) is 52.1 Å².